The van der Waals surface area contributed by atoms with Gasteiger partial charge in [-0.2, -0.15) is 4.98 Å². The smallest absolute Gasteiger partial charge is 0.231 e. The summed E-state index contributed by atoms with van der Waals surface area (Å²) in [6, 6.07) is 8.17. The first-order valence-corrected chi connectivity index (χ1v) is 9.49. The van der Waals surface area contributed by atoms with E-state index in [0.717, 1.165) is 30.7 Å². The van der Waals surface area contributed by atoms with Crippen LogP contribution in [-0.2, 0) is 4.79 Å². The minimum atomic E-state index is -0.0525. The van der Waals surface area contributed by atoms with Crippen molar-refractivity contribution in [1.82, 2.24) is 15.0 Å². The van der Waals surface area contributed by atoms with Crippen LogP contribution in [0.15, 0.2) is 33.7 Å². The summed E-state index contributed by atoms with van der Waals surface area (Å²) < 4.78 is 5.35. The number of likely N-dealkylation sites (tertiary alicyclic amines) is 1. The predicted octanol–water partition coefficient (Wildman–Crippen LogP) is 3.75. The maximum atomic E-state index is 13.2. The van der Waals surface area contributed by atoms with Crippen LogP contribution in [0.5, 0.6) is 0 Å². The topological polar surface area (TPSA) is 59.2 Å². The summed E-state index contributed by atoms with van der Waals surface area (Å²) in [6.45, 7) is 4.83. The van der Waals surface area contributed by atoms with Crippen LogP contribution in [0.1, 0.15) is 61.8 Å². The second-order valence-corrected chi connectivity index (χ2v) is 7.80. The van der Waals surface area contributed by atoms with Crippen LogP contribution >= 0.6 is 11.8 Å². The molecule has 0 bridgehead atoms. The van der Waals surface area contributed by atoms with Crippen molar-refractivity contribution in [2.24, 2.45) is 0 Å². The molecule has 1 saturated heterocycles. The van der Waals surface area contributed by atoms with E-state index in [0.29, 0.717) is 11.7 Å². The zero-order chi connectivity index (χ0) is 16.7. The summed E-state index contributed by atoms with van der Waals surface area (Å²) in [7, 11) is 0. The molecule has 24 heavy (non-hydrogen) atoms. The molecule has 0 radical (unpaired) electrons. The van der Waals surface area contributed by atoms with Crippen LogP contribution in [0.2, 0.25) is 0 Å². The summed E-state index contributed by atoms with van der Waals surface area (Å²) >= 11 is 1.77. The number of nitrogens with zero attached hydrogens (tertiary/aromatic N) is 3. The minimum absolute atomic E-state index is 0.0495. The highest BCUT2D eigenvalue weighted by Crippen LogP contribution is 2.42. The van der Waals surface area contributed by atoms with E-state index >= 15 is 0 Å². The lowest BCUT2D eigenvalue weighted by Crippen LogP contribution is -2.35. The number of amides is 1. The van der Waals surface area contributed by atoms with Gasteiger partial charge in [0.2, 0.25) is 11.8 Å². The van der Waals surface area contributed by atoms with E-state index in [9.17, 15) is 4.79 Å². The molecule has 5 nitrogen and oxygen atoms in total. The molecule has 0 aliphatic carbocycles. The average molecular weight is 343 g/mol. The Kier molecular flexibility index (Phi) is 4.08. The first-order chi connectivity index (χ1) is 11.6. The lowest BCUT2D eigenvalue weighted by molar-refractivity contribution is -0.133. The van der Waals surface area contributed by atoms with Crippen LogP contribution in [0.3, 0.4) is 0 Å². The van der Waals surface area contributed by atoms with E-state index in [-0.39, 0.29) is 23.8 Å². The number of rotatable bonds is 3. The fourth-order valence-corrected chi connectivity index (χ4v) is 4.70. The minimum Gasteiger partial charge on any atom is -0.339 e. The van der Waals surface area contributed by atoms with Crippen LogP contribution in [0.25, 0.3) is 0 Å². The molecule has 126 valence electrons. The van der Waals surface area contributed by atoms with Crippen molar-refractivity contribution in [2.75, 3.05) is 12.3 Å². The van der Waals surface area contributed by atoms with Gasteiger partial charge < -0.3 is 9.42 Å². The fraction of sp³-hybridized carbons (Fsp3) is 0.500. The van der Waals surface area contributed by atoms with Gasteiger partial charge in [0.1, 0.15) is 0 Å². The van der Waals surface area contributed by atoms with Gasteiger partial charge in [0.25, 0.3) is 0 Å². The molecule has 0 spiro atoms. The van der Waals surface area contributed by atoms with Gasteiger partial charge in [0.15, 0.2) is 5.82 Å². The molecule has 2 aliphatic rings. The molecule has 1 fully saturated rings. The molecule has 6 heteroatoms. The summed E-state index contributed by atoms with van der Waals surface area (Å²) in [5.41, 5.74) is 1.16. The number of hydrogen-bond acceptors (Lipinski definition) is 5. The number of fused-ring (bicyclic) bond motifs is 1. The predicted molar refractivity (Wildman–Crippen MR) is 92.0 cm³/mol. The Balaban J connectivity index is 1.57. The van der Waals surface area contributed by atoms with Gasteiger partial charge in [-0.25, -0.2) is 0 Å². The summed E-state index contributed by atoms with van der Waals surface area (Å²) in [5.74, 6) is 2.48. The number of carbonyl (C=O) groups excluding carboxylic acids is 1. The van der Waals surface area contributed by atoms with Crippen molar-refractivity contribution in [1.29, 1.82) is 0 Å². The van der Waals surface area contributed by atoms with Crippen LogP contribution in [0, 0.1) is 0 Å². The maximum Gasteiger partial charge on any atom is 0.231 e. The molecule has 0 unspecified atom stereocenters. The third-order valence-corrected chi connectivity index (χ3v) is 5.97. The Bertz CT molecular complexity index is 758. The molecule has 1 aromatic carbocycles. The van der Waals surface area contributed by atoms with Gasteiger partial charge in [-0.1, -0.05) is 37.2 Å². The molecular formula is C18H21N3O2S. The quantitative estimate of drug-likeness (QED) is 0.849. The lowest BCUT2D eigenvalue weighted by Gasteiger charge is -2.25. The van der Waals surface area contributed by atoms with Crippen LogP contribution in [-0.4, -0.2) is 33.2 Å². The molecule has 1 aromatic heterocycles. The summed E-state index contributed by atoms with van der Waals surface area (Å²) in [6.07, 6.45) is 1.90. The van der Waals surface area contributed by atoms with E-state index < -0.39 is 0 Å². The van der Waals surface area contributed by atoms with Crippen LogP contribution in [0.4, 0.5) is 0 Å². The Labute approximate surface area is 145 Å². The second kappa shape index (κ2) is 6.24. The third-order valence-electron chi connectivity index (χ3n) is 4.78. The third kappa shape index (κ3) is 2.62. The van der Waals surface area contributed by atoms with Crippen molar-refractivity contribution in [3.63, 3.8) is 0 Å². The first-order valence-electron chi connectivity index (χ1n) is 8.51. The van der Waals surface area contributed by atoms with Crippen molar-refractivity contribution in [3.05, 3.63) is 41.5 Å². The zero-order valence-electron chi connectivity index (χ0n) is 13.9. The van der Waals surface area contributed by atoms with Gasteiger partial charge in [0.05, 0.1) is 12.0 Å². The van der Waals surface area contributed by atoms with Crippen molar-refractivity contribution in [2.45, 2.75) is 49.5 Å². The van der Waals surface area contributed by atoms with Crippen molar-refractivity contribution < 1.29 is 9.32 Å². The van der Waals surface area contributed by atoms with Crippen LogP contribution < -0.4 is 0 Å². The van der Waals surface area contributed by atoms with Gasteiger partial charge >= 0.3 is 0 Å². The Morgan fingerprint density at radius 2 is 2.21 bits per heavy atom. The SMILES string of the molecule is CC(C)c1nc([C@H]2CCCN2C(=O)[C@H]2CSc3ccccc32)no1. The fourth-order valence-electron chi connectivity index (χ4n) is 3.48. The highest BCUT2D eigenvalue weighted by molar-refractivity contribution is 7.99. The molecule has 3 heterocycles. The highest BCUT2D eigenvalue weighted by Gasteiger charge is 2.39. The van der Waals surface area contributed by atoms with E-state index in [2.05, 4.69) is 22.3 Å². The molecule has 0 saturated carbocycles. The highest BCUT2D eigenvalue weighted by atomic mass is 32.2. The van der Waals surface area contributed by atoms with Crippen molar-refractivity contribution >= 4 is 17.7 Å². The Hall–Kier alpha value is -1.82. The van der Waals surface area contributed by atoms with Gasteiger partial charge in [-0.3, -0.25) is 4.79 Å². The molecule has 2 aromatic rings. The number of thioether (sulfide) groups is 1. The first kappa shape index (κ1) is 15.7. The normalized spacial score (nSPS) is 23.0. The van der Waals surface area contributed by atoms with E-state index in [1.165, 1.54) is 4.90 Å². The molecule has 4 rings (SSSR count). The van der Waals surface area contributed by atoms with Gasteiger partial charge in [0, 0.05) is 23.1 Å². The number of hydrogen-bond donors (Lipinski definition) is 0. The standard InChI is InChI=1S/C18H21N3O2S/c1-11(2)17-19-16(20-23-17)14-7-5-9-21(14)18(22)13-10-24-15-8-4-3-6-12(13)15/h3-4,6,8,11,13-14H,5,7,9-10H2,1-2H3/t13-,14+/m0/s1. The largest absolute Gasteiger partial charge is 0.339 e. The van der Waals surface area contributed by atoms with E-state index in [1.807, 2.05) is 30.9 Å². The van der Waals surface area contributed by atoms with E-state index in [4.69, 9.17) is 4.52 Å². The van der Waals surface area contributed by atoms with Gasteiger partial charge in [-0.05, 0) is 24.5 Å². The summed E-state index contributed by atoms with van der Waals surface area (Å²) in [4.78, 5) is 20.9. The number of benzene rings is 1. The molecule has 1 amide bonds. The Morgan fingerprint density at radius 3 is 3.00 bits per heavy atom. The number of aromatic nitrogens is 2. The Morgan fingerprint density at radius 1 is 1.38 bits per heavy atom. The monoisotopic (exact) mass is 343 g/mol. The zero-order valence-corrected chi connectivity index (χ0v) is 14.8. The molecular weight excluding hydrogens is 322 g/mol. The lowest BCUT2D eigenvalue weighted by atomic mass is 9.99. The summed E-state index contributed by atoms with van der Waals surface area (Å²) in [5, 5.41) is 4.14. The second-order valence-electron chi connectivity index (χ2n) is 6.74. The average Bonchev–Trinajstić information content (AvgIpc) is 3.31. The molecule has 2 atom stereocenters. The maximum absolute atomic E-state index is 13.2. The molecule has 2 aliphatic heterocycles. The van der Waals surface area contributed by atoms with Crippen molar-refractivity contribution in [3.8, 4) is 0 Å². The van der Waals surface area contributed by atoms with Gasteiger partial charge in [-0.15, -0.1) is 11.8 Å². The number of carbonyl (C=O) groups is 1. The van der Waals surface area contributed by atoms with E-state index in [1.54, 1.807) is 11.8 Å². The molecule has 0 N–H and O–H groups in total.